The van der Waals surface area contributed by atoms with Gasteiger partial charge in [-0.15, -0.1) is 19.8 Å². The molecule has 0 spiro atoms. The molecule has 0 aliphatic carbocycles. The van der Waals surface area contributed by atoms with Crippen molar-refractivity contribution in [2.24, 2.45) is 0 Å². The molecule has 0 bridgehead atoms. The first-order valence-corrected chi connectivity index (χ1v) is 10.7. The monoisotopic (exact) mass is 712 g/mol. The second kappa shape index (κ2) is 9.78. The molecular weight excluding hydrogens is 701 g/mol. The van der Waals surface area contributed by atoms with Crippen LogP contribution in [0.25, 0.3) is 0 Å². The maximum absolute atomic E-state index is 14.4. The molecule has 27 heavy (non-hydrogen) atoms. The Morgan fingerprint density at radius 2 is 1.63 bits per heavy atom. The topological polar surface area (TPSA) is 9.23 Å². The average molecular weight is 712 g/mol. The molecule has 0 aromatic heterocycles. The summed E-state index contributed by atoms with van der Waals surface area (Å²) in [5, 5.41) is 0. The van der Waals surface area contributed by atoms with Crippen LogP contribution in [0.2, 0.25) is 0 Å². The van der Waals surface area contributed by atoms with E-state index in [0.29, 0.717) is 15.6 Å². The summed E-state index contributed by atoms with van der Waals surface area (Å²) in [6, 6.07) is 6.26. The average Bonchev–Trinajstić information content (AvgIpc) is 2.54. The summed E-state index contributed by atoms with van der Waals surface area (Å²) < 4.78 is 57.0. The minimum absolute atomic E-state index is 0.262. The van der Waals surface area contributed by atoms with Crippen molar-refractivity contribution in [3.8, 4) is 17.6 Å². The van der Waals surface area contributed by atoms with Crippen LogP contribution in [-0.4, -0.2) is 6.36 Å². The van der Waals surface area contributed by atoms with Gasteiger partial charge < -0.3 is 4.74 Å². The Morgan fingerprint density at radius 1 is 1.00 bits per heavy atom. The van der Waals surface area contributed by atoms with E-state index in [0.717, 1.165) is 12.0 Å². The summed E-state index contributed by atoms with van der Waals surface area (Å²) in [5.74, 6) is 4.92. The van der Waals surface area contributed by atoms with Crippen LogP contribution in [0, 0.1) is 28.4 Å². The van der Waals surface area contributed by atoms with E-state index in [2.05, 4.69) is 23.2 Å². The molecule has 0 unspecified atom stereocenters. The standard InChI is InChI=1S/C19H11F4I3O/c1-2-3-4-11-7-14(20)13(15(24)8-11)6-5-12-9-16(25)18(17(26)10-12)27-19(21,22)23/h2,7-10H,1,3-4H2. The molecule has 0 atom stereocenters. The second-order valence-corrected chi connectivity index (χ2v) is 8.82. The van der Waals surface area contributed by atoms with Gasteiger partial charge in [0.15, 0.2) is 5.75 Å². The maximum Gasteiger partial charge on any atom is 0.573 e. The highest BCUT2D eigenvalue weighted by Gasteiger charge is 2.33. The molecule has 0 heterocycles. The minimum Gasteiger partial charge on any atom is -0.404 e. The molecule has 0 saturated heterocycles. The third kappa shape index (κ3) is 6.77. The fourth-order valence-electron chi connectivity index (χ4n) is 2.14. The number of ether oxygens (including phenoxy) is 1. The van der Waals surface area contributed by atoms with Crippen LogP contribution in [0.3, 0.4) is 0 Å². The lowest BCUT2D eigenvalue weighted by atomic mass is 10.1. The zero-order chi connectivity index (χ0) is 20.2. The van der Waals surface area contributed by atoms with Crippen molar-refractivity contribution in [3.63, 3.8) is 0 Å². The van der Waals surface area contributed by atoms with Gasteiger partial charge in [0, 0.05) is 9.13 Å². The smallest absolute Gasteiger partial charge is 0.404 e. The number of alkyl halides is 3. The minimum atomic E-state index is -4.76. The van der Waals surface area contributed by atoms with Crippen molar-refractivity contribution in [3.05, 3.63) is 70.1 Å². The molecule has 2 rings (SSSR count). The highest BCUT2D eigenvalue weighted by molar-refractivity contribution is 14.1. The Hall–Kier alpha value is -0.550. The fraction of sp³-hybridized carbons (Fsp3) is 0.158. The molecule has 0 aliphatic rings. The highest BCUT2D eigenvalue weighted by atomic mass is 127. The first kappa shape index (κ1) is 22.7. The van der Waals surface area contributed by atoms with Crippen molar-refractivity contribution >= 4 is 67.8 Å². The highest BCUT2D eigenvalue weighted by Crippen LogP contribution is 2.33. The number of halogens is 7. The summed E-state index contributed by atoms with van der Waals surface area (Å²) in [6.45, 7) is 3.65. The molecular formula is C19H11F4I3O. The molecule has 0 amide bonds. The van der Waals surface area contributed by atoms with Crippen molar-refractivity contribution in [1.82, 2.24) is 0 Å². The van der Waals surface area contributed by atoms with Crippen molar-refractivity contribution in [2.75, 3.05) is 0 Å². The zero-order valence-corrected chi connectivity index (χ0v) is 20.0. The number of hydrogen-bond donors (Lipinski definition) is 0. The summed E-state index contributed by atoms with van der Waals surface area (Å²) >= 11 is 5.53. The second-order valence-electron chi connectivity index (χ2n) is 5.33. The van der Waals surface area contributed by atoms with Gasteiger partial charge in [-0.3, -0.25) is 0 Å². The van der Waals surface area contributed by atoms with Crippen LogP contribution < -0.4 is 4.74 Å². The molecule has 0 radical (unpaired) electrons. The molecule has 142 valence electrons. The van der Waals surface area contributed by atoms with E-state index in [9.17, 15) is 17.6 Å². The number of rotatable bonds is 4. The summed E-state index contributed by atoms with van der Waals surface area (Å²) in [7, 11) is 0. The zero-order valence-electron chi connectivity index (χ0n) is 13.6. The van der Waals surface area contributed by atoms with Crippen molar-refractivity contribution in [2.45, 2.75) is 19.2 Å². The van der Waals surface area contributed by atoms with E-state index in [1.807, 2.05) is 28.7 Å². The van der Waals surface area contributed by atoms with Crippen molar-refractivity contribution < 1.29 is 22.3 Å². The van der Waals surface area contributed by atoms with E-state index in [4.69, 9.17) is 0 Å². The van der Waals surface area contributed by atoms with E-state index in [1.165, 1.54) is 18.2 Å². The molecule has 2 aromatic rings. The van der Waals surface area contributed by atoms with Crippen LogP contribution in [0.4, 0.5) is 17.6 Å². The summed E-state index contributed by atoms with van der Waals surface area (Å²) in [6.07, 6.45) is -1.54. The van der Waals surface area contributed by atoms with Gasteiger partial charge in [0.1, 0.15) is 5.82 Å². The Morgan fingerprint density at radius 3 is 2.15 bits per heavy atom. The van der Waals surface area contributed by atoms with Gasteiger partial charge in [0.2, 0.25) is 0 Å². The maximum atomic E-state index is 14.4. The first-order valence-electron chi connectivity index (χ1n) is 7.46. The van der Waals surface area contributed by atoms with Crippen molar-refractivity contribution in [1.29, 1.82) is 0 Å². The van der Waals surface area contributed by atoms with E-state index < -0.39 is 12.2 Å². The SMILES string of the molecule is C=CCCc1cc(F)c(C#Cc2cc(I)c(OC(F)(F)F)c(I)c2)c(I)c1. The quantitative estimate of drug-likeness (QED) is 0.143. The Bertz CT molecular complexity index is 881. The molecule has 0 fully saturated rings. The lowest BCUT2D eigenvalue weighted by Crippen LogP contribution is -2.18. The van der Waals surface area contributed by atoms with E-state index in [1.54, 1.807) is 51.3 Å². The number of benzene rings is 2. The lowest BCUT2D eigenvalue weighted by molar-refractivity contribution is -0.275. The fourth-order valence-corrected chi connectivity index (χ4v) is 4.92. The van der Waals surface area contributed by atoms with Gasteiger partial charge in [-0.05, 0) is 110 Å². The molecule has 1 nitrogen and oxygen atoms in total. The van der Waals surface area contributed by atoms with Crippen LogP contribution in [0.1, 0.15) is 23.1 Å². The van der Waals surface area contributed by atoms with Crippen LogP contribution in [-0.2, 0) is 6.42 Å². The van der Waals surface area contributed by atoms with E-state index in [-0.39, 0.29) is 18.5 Å². The van der Waals surface area contributed by atoms with Crippen LogP contribution in [0.15, 0.2) is 36.9 Å². The van der Waals surface area contributed by atoms with Gasteiger partial charge >= 0.3 is 6.36 Å². The van der Waals surface area contributed by atoms with Gasteiger partial charge in [-0.2, -0.15) is 0 Å². The summed E-state index contributed by atoms with van der Waals surface area (Å²) in [4.78, 5) is 0. The summed E-state index contributed by atoms with van der Waals surface area (Å²) in [5.41, 5.74) is 1.60. The Labute approximate surface area is 195 Å². The Balaban J connectivity index is 2.34. The Kier molecular flexibility index (Phi) is 8.23. The van der Waals surface area contributed by atoms with Gasteiger partial charge in [-0.25, -0.2) is 4.39 Å². The normalized spacial score (nSPS) is 10.9. The van der Waals surface area contributed by atoms with Crippen LogP contribution >= 0.6 is 67.8 Å². The molecule has 2 aromatic carbocycles. The molecule has 0 N–H and O–H groups in total. The number of allylic oxidation sites excluding steroid dienone is 1. The third-order valence-corrected chi connectivity index (χ3v) is 5.74. The van der Waals surface area contributed by atoms with E-state index >= 15 is 0 Å². The van der Waals surface area contributed by atoms with Gasteiger partial charge in [0.25, 0.3) is 0 Å². The first-order chi connectivity index (χ1) is 12.6. The molecule has 0 aliphatic heterocycles. The lowest BCUT2D eigenvalue weighted by Gasteiger charge is -2.12. The van der Waals surface area contributed by atoms with Gasteiger partial charge in [-0.1, -0.05) is 17.9 Å². The number of hydrogen-bond acceptors (Lipinski definition) is 1. The predicted molar refractivity (Wildman–Crippen MR) is 122 cm³/mol. The third-order valence-electron chi connectivity index (χ3n) is 3.29. The molecule has 0 saturated carbocycles. The predicted octanol–water partition coefficient (Wildman–Crippen LogP) is 7.06. The van der Waals surface area contributed by atoms with Crippen LogP contribution in [0.5, 0.6) is 5.75 Å². The number of aryl methyl sites for hydroxylation is 1. The van der Waals surface area contributed by atoms with Gasteiger partial charge in [0.05, 0.1) is 12.7 Å². The largest absolute Gasteiger partial charge is 0.573 e. The molecule has 8 heteroatoms.